The van der Waals surface area contributed by atoms with Crippen LogP contribution < -0.4 is 0 Å². The van der Waals surface area contributed by atoms with Crippen LogP contribution in [-0.4, -0.2) is 29.4 Å². The monoisotopic (exact) mass is 266 g/mol. The highest BCUT2D eigenvalue weighted by Crippen LogP contribution is 2.20. The zero-order valence-electron chi connectivity index (χ0n) is 10.4. The van der Waals surface area contributed by atoms with Crippen LogP contribution in [0.2, 0.25) is 0 Å². The van der Waals surface area contributed by atoms with Gasteiger partial charge in [0.1, 0.15) is 0 Å². The SMILES string of the molecule is COC(=O)C(/C=N\O)CCc1ccccc1[N+](=O)[O-]. The fraction of sp³-hybridized carbons (Fsp3) is 0.333. The summed E-state index contributed by atoms with van der Waals surface area (Å²) in [7, 11) is 1.23. The first-order valence-corrected chi connectivity index (χ1v) is 5.57. The van der Waals surface area contributed by atoms with E-state index in [1.54, 1.807) is 18.2 Å². The molecule has 0 bridgehead atoms. The number of para-hydroxylation sites is 1. The maximum Gasteiger partial charge on any atom is 0.314 e. The molecule has 1 atom stereocenters. The largest absolute Gasteiger partial charge is 0.469 e. The molecule has 7 heteroatoms. The molecule has 0 saturated heterocycles. The molecule has 7 nitrogen and oxygen atoms in total. The molecular formula is C12H14N2O5. The Balaban J connectivity index is 2.80. The van der Waals surface area contributed by atoms with Crippen molar-refractivity contribution in [2.45, 2.75) is 12.8 Å². The molecule has 102 valence electrons. The van der Waals surface area contributed by atoms with E-state index in [9.17, 15) is 14.9 Å². The number of hydrogen-bond donors (Lipinski definition) is 1. The van der Waals surface area contributed by atoms with E-state index in [1.807, 2.05) is 0 Å². The second-order valence-electron chi connectivity index (χ2n) is 3.82. The molecule has 0 aromatic heterocycles. The van der Waals surface area contributed by atoms with E-state index in [-0.39, 0.29) is 12.1 Å². The van der Waals surface area contributed by atoms with Crippen LogP contribution in [0.1, 0.15) is 12.0 Å². The van der Waals surface area contributed by atoms with Crippen molar-refractivity contribution in [1.82, 2.24) is 0 Å². The average Bonchev–Trinajstić information content (AvgIpc) is 2.42. The number of methoxy groups -OCH3 is 1. The van der Waals surface area contributed by atoms with E-state index in [0.29, 0.717) is 12.0 Å². The lowest BCUT2D eigenvalue weighted by atomic mass is 9.99. The summed E-state index contributed by atoms with van der Waals surface area (Å²) >= 11 is 0. The lowest BCUT2D eigenvalue weighted by molar-refractivity contribution is -0.385. The Morgan fingerprint density at radius 2 is 2.26 bits per heavy atom. The van der Waals surface area contributed by atoms with Crippen LogP contribution in [0.5, 0.6) is 0 Å². The van der Waals surface area contributed by atoms with Crippen LogP contribution >= 0.6 is 0 Å². The quantitative estimate of drug-likeness (QED) is 0.278. The van der Waals surface area contributed by atoms with Gasteiger partial charge in [-0.3, -0.25) is 14.9 Å². The zero-order chi connectivity index (χ0) is 14.3. The molecule has 0 heterocycles. The summed E-state index contributed by atoms with van der Waals surface area (Å²) in [4.78, 5) is 21.7. The minimum absolute atomic E-state index is 0.00653. The topological polar surface area (TPSA) is 102 Å². The van der Waals surface area contributed by atoms with E-state index in [0.717, 1.165) is 6.21 Å². The second kappa shape index (κ2) is 7.10. The number of nitro groups is 1. The number of oxime groups is 1. The second-order valence-corrected chi connectivity index (χ2v) is 3.82. The van der Waals surface area contributed by atoms with Crippen LogP contribution in [0.15, 0.2) is 29.4 Å². The fourth-order valence-electron chi connectivity index (χ4n) is 1.70. The Hall–Kier alpha value is -2.44. The number of benzene rings is 1. The van der Waals surface area contributed by atoms with E-state index in [4.69, 9.17) is 5.21 Å². The smallest absolute Gasteiger partial charge is 0.314 e. The van der Waals surface area contributed by atoms with E-state index >= 15 is 0 Å². The van der Waals surface area contributed by atoms with Crippen LogP contribution in [0.3, 0.4) is 0 Å². The van der Waals surface area contributed by atoms with Gasteiger partial charge in [0.05, 0.1) is 24.2 Å². The summed E-state index contributed by atoms with van der Waals surface area (Å²) in [5, 5.41) is 22.1. The number of hydrogen-bond acceptors (Lipinski definition) is 6. The number of rotatable bonds is 6. The average molecular weight is 266 g/mol. The molecule has 1 aromatic rings. The van der Waals surface area contributed by atoms with E-state index in [1.165, 1.54) is 13.2 Å². The van der Waals surface area contributed by atoms with Crippen molar-refractivity contribution in [3.8, 4) is 0 Å². The molecular weight excluding hydrogens is 252 g/mol. The van der Waals surface area contributed by atoms with Gasteiger partial charge in [-0.1, -0.05) is 18.2 Å². The van der Waals surface area contributed by atoms with Gasteiger partial charge >= 0.3 is 5.97 Å². The highest BCUT2D eigenvalue weighted by atomic mass is 16.6. The summed E-state index contributed by atoms with van der Waals surface area (Å²) in [5.41, 5.74) is 0.528. The molecule has 0 amide bonds. The van der Waals surface area contributed by atoms with Crippen molar-refractivity contribution in [2.24, 2.45) is 11.1 Å². The normalized spacial score (nSPS) is 12.3. The van der Waals surface area contributed by atoms with Crippen LogP contribution in [0.4, 0.5) is 5.69 Å². The zero-order valence-corrected chi connectivity index (χ0v) is 10.4. The number of nitrogens with zero attached hydrogens (tertiary/aromatic N) is 2. The van der Waals surface area contributed by atoms with Crippen molar-refractivity contribution < 1.29 is 19.7 Å². The molecule has 0 saturated carbocycles. The van der Waals surface area contributed by atoms with Gasteiger partial charge in [0.2, 0.25) is 0 Å². The Morgan fingerprint density at radius 1 is 1.58 bits per heavy atom. The van der Waals surface area contributed by atoms with Crippen LogP contribution in [0.25, 0.3) is 0 Å². The molecule has 0 aliphatic carbocycles. The third-order valence-electron chi connectivity index (χ3n) is 2.66. The standard InChI is InChI=1S/C12H14N2O5/c1-19-12(15)10(8-13-16)7-6-9-4-2-3-5-11(9)14(17)18/h2-5,8,10,16H,6-7H2,1H3/b13-8-. The number of carbonyl (C=O) groups excluding carboxylic acids is 1. The van der Waals surface area contributed by atoms with Gasteiger partial charge in [0, 0.05) is 11.6 Å². The molecule has 0 spiro atoms. The maximum atomic E-state index is 11.4. The first-order chi connectivity index (χ1) is 9.10. The lowest BCUT2D eigenvalue weighted by Gasteiger charge is -2.09. The third kappa shape index (κ3) is 4.06. The minimum atomic E-state index is -0.727. The maximum absolute atomic E-state index is 11.4. The summed E-state index contributed by atoms with van der Waals surface area (Å²) in [6, 6.07) is 6.30. The summed E-state index contributed by atoms with van der Waals surface area (Å²) in [5.74, 6) is -1.27. The Morgan fingerprint density at radius 3 is 2.84 bits per heavy atom. The number of carbonyl (C=O) groups is 1. The molecule has 0 radical (unpaired) electrons. The van der Waals surface area contributed by atoms with Crippen molar-refractivity contribution in [1.29, 1.82) is 0 Å². The first-order valence-electron chi connectivity index (χ1n) is 5.57. The molecule has 1 aromatic carbocycles. The summed E-state index contributed by atoms with van der Waals surface area (Å²) in [6.45, 7) is 0. The third-order valence-corrected chi connectivity index (χ3v) is 2.66. The summed E-state index contributed by atoms with van der Waals surface area (Å²) in [6.07, 6.45) is 1.63. The number of esters is 1. The molecule has 1 N–H and O–H groups in total. The van der Waals surface area contributed by atoms with Crippen LogP contribution in [0, 0.1) is 16.0 Å². The van der Waals surface area contributed by atoms with Crippen LogP contribution in [-0.2, 0) is 16.0 Å². The molecule has 0 aliphatic heterocycles. The van der Waals surface area contributed by atoms with Crippen molar-refractivity contribution in [3.63, 3.8) is 0 Å². The van der Waals surface area contributed by atoms with Gasteiger partial charge in [0.15, 0.2) is 0 Å². The molecule has 19 heavy (non-hydrogen) atoms. The number of nitro benzene ring substituents is 1. The number of aryl methyl sites for hydroxylation is 1. The number of ether oxygens (including phenoxy) is 1. The van der Waals surface area contributed by atoms with Gasteiger partial charge in [0.25, 0.3) is 5.69 Å². The summed E-state index contributed by atoms with van der Waals surface area (Å²) < 4.78 is 4.56. The molecule has 1 rings (SSSR count). The van der Waals surface area contributed by atoms with Gasteiger partial charge in [-0.25, -0.2) is 0 Å². The molecule has 1 unspecified atom stereocenters. The fourth-order valence-corrected chi connectivity index (χ4v) is 1.70. The van der Waals surface area contributed by atoms with Gasteiger partial charge in [-0.15, -0.1) is 5.16 Å². The molecule has 0 fully saturated rings. The molecule has 0 aliphatic rings. The highest BCUT2D eigenvalue weighted by molar-refractivity contribution is 5.89. The highest BCUT2D eigenvalue weighted by Gasteiger charge is 2.19. The van der Waals surface area contributed by atoms with Gasteiger partial charge in [-0.05, 0) is 12.8 Å². The first kappa shape index (κ1) is 14.6. The minimum Gasteiger partial charge on any atom is -0.469 e. The Kier molecular flexibility index (Phi) is 5.46. The van der Waals surface area contributed by atoms with Crippen molar-refractivity contribution >= 4 is 17.9 Å². The van der Waals surface area contributed by atoms with E-state index < -0.39 is 16.8 Å². The predicted molar refractivity (Wildman–Crippen MR) is 67.2 cm³/mol. The lowest BCUT2D eigenvalue weighted by Crippen LogP contribution is -2.18. The van der Waals surface area contributed by atoms with Gasteiger partial charge < -0.3 is 9.94 Å². The Bertz CT molecular complexity index is 487. The predicted octanol–water partition coefficient (Wildman–Crippen LogP) is 1.78. The van der Waals surface area contributed by atoms with Crippen molar-refractivity contribution in [2.75, 3.05) is 7.11 Å². The van der Waals surface area contributed by atoms with Crippen molar-refractivity contribution in [3.05, 3.63) is 39.9 Å². The van der Waals surface area contributed by atoms with Gasteiger partial charge in [-0.2, -0.15) is 0 Å². The Labute approximate surface area is 109 Å². The van der Waals surface area contributed by atoms with E-state index in [2.05, 4.69) is 9.89 Å².